The molecule has 0 bridgehead atoms. The SMILES string of the molecule is CCc1csc(-c2ccnc(NN)c2)n1. The Hall–Kier alpha value is -1.46. The maximum Gasteiger partial charge on any atom is 0.140 e. The van der Waals surface area contributed by atoms with Gasteiger partial charge in [-0.2, -0.15) is 0 Å². The highest BCUT2D eigenvalue weighted by Gasteiger charge is 2.04. The molecule has 0 atom stereocenters. The molecule has 0 fully saturated rings. The number of rotatable bonds is 3. The Morgan fingerprint density at radius 2 is 2.40 bits per heavy atom. The van der Waals surface area contributed by atoms with Crippen LogP contribution in [0.25, 0.3) is 10.6 Å². The van der Waals surface area contributed by atoms with E-state index in [1.807, 2.05) is 12.1 Å². The van der Waals surface area contributed by atoms with Gasteiger partial charge in [-0.25, -0.2) is 15.8 Å². The molecule has 2 aromatic heterocycles. The molecule has 0 aliphatic rings. The molecular formula is C10H12N4S. The molecule has 0 unspecified atom stereocenters. The van der Waals surface area contributed by atoms with Crippen molar-refractivity contribution in [1.82, 2.24) is 9.97 Å². The number of nitrogens with zero attached hydrogens (tertiary/aromatic N) is 2. The molecule has 0 radical (unpaired) electrons. The Labute approximate surface area is 92.2 Å². The molecule has 2 aromatic rings. The van der Waals surface area contributed by atoms with Crippen molar-refractivity contribution in [1.29, 1.82) is 0 Å². The van der Waals surface area contributed by atoms with Gasteiger partial charge in [-0.3, -0.25) is 0 Å². The summed E-state index contributed by atoms with van der Waals surface area (Å²) in [5.41, 5.74) is 4.69. The molecular weight excluding hydrogens is 208 g/mol. The molecule has 0 spiro atoms. The summed E-state index contributed by atoms with van der Waals surface area (Å²) in [6, 6.07) is 3.82. The molecule has 0 aromatic carbocycles. The molecule has 5 heteroatoms. The third-order valence-electron chi connectivity index (χ3n) is 2.07. The van der Waals surface area contributed by atoms with Gasteiger partial charge in [0, 0.05) is 17.1 Å². The molecule has 0 aliphatic carbocycles. The van der Waals surface area contributed by atoms with Crippen LogP contribution in [0.4, 0.5) is 5.82 Å². The minimum Gasteiger partial charge on any atom is -0.308 e. The number of pyridine rings is 1. The second-order valence-electron chi connectivity index (χ2n) is 3.07. The second kappa shape index (κ2) is 4.37. The summed E-state index contributed by atoms with van der Waals surface area (Å²) in [4.78, 5) is 8.55. The lowest BCUT2D eigenvalue weighted by molar-refractivity contribution is 1.06. The van der Waals surface area contributed by atoms with E-state index in [2.05, 4.69) is 27.7 Å². The van der Waals surface area contributed by atoms with Gasteiger partial charge >= 0.3 is 0 Å². The van der Waals surface area contributed by atoms with E-state index in [-0.39, 0.29) is 0 Å². The quantitative estimate of drug-likeness (QED) is 0.614. The van der Waals surface area contributed by atoms with Gasteiger partial charge in [-0.15, -0.1) is 11.3 Å². The summed E-state index contributed by atoms with van der Waals surface area (Å²) in [7, 11) is 0. The summed E-state index contributed by atoms with van der Waals surface area (Å²) in [6.45, 7) is 2.10. The van der Waals surface area contributed by atoms with Gasteiger partial charge in [0.1, 0.15) is 10.8 Å². The number of hydrazine groups is 1. The molecule has 15 heavy (non-hydrogen) atoms. The number of aryl methyl sites for hydroxylation is 1. The first kappa shape index (κ1) is 10.1. The molecule has 78 valence electrons. The number of nitrogen functional groups attached to an aromatic ring is 1. The fourth-order valence-electron chi connectivity index (χ4n) is 1.24. The highest BCUT2D eigenvalue weighted by Crippen LogP contribution is 2.24. The number of aromatic nitrogens is 2. The van der Waals surface area contributed by atoms with E-state index >= 15 is 0 Å². The minimum atomic E-state index is 0.653. The highest BCUT2D eigenvalue weighted by atomic mass is 32.1. The van der Waals surface area contributed by atoms with E-state index < -0.39 is 0 Å². The van der Waals surface area contributed by atoms with Crippen LogP contribution < -0.4 is 11.3 Å². The standard InChI is InChI=1S/C10H12N4S/c1-2-8-6-15-10(13-8)7-3-4-12-9(5-7)14-11/h3-6H,2,11H2,1H3,(H,12,14). The molecule has 0 saturated heterocycles. The zero-order valence-corrected chi connectivity index (χ0v) is 9.21. The smallest absolute Gasteiger partial charge is 0.140 e. The normalized spacial score (nSPS) is 10.3. The Bertz CT molecular complexity index is 452. The Balaban J connectivity index is 2.35. The Morgan fingerprint density at radius 3 is 3.07 bits per heavy atom. The van der Waals surface area contributed by atoms with Gasteiger partial charge < -0.3 is 5.43 Å². The van der Waals surface area contributed by atoms with Crippen LogP contribution in [-0.4, -0.2) is 9.97 Å². The van der Waals surface area contributed by atoms with Crippen LogP contribution >= 0.6 is 11.3 Å². The molecule has 0 aliphatic heterocycles. The average Bonchev–Trinajstić information content (AvgIpc) is 2.78. The van der Waals surface area contributed by atoms with E-state index in [1.54, 1.807) is 17.5 Å². The van der Waals surface area contributed by atoms with Crippen LogP contribution in [0.5, 0.6) is 0 Å². The van der Waals surface area contributed by atoms with Crippen molar-refractivity contribution in [2.45, 2.75) is 13.3 Å². The third-order valence-corrected chi connectivity index (χ3v) is 3.01. The third kappa shape index (κ3) is 2.14. The molecule has 4 nitrogen and oxygen atoms in total. The van der Waals surface area contributed by atoms with Crippen molar-refractivity contribution < 1.29 is 0 Å². The lowest BCUT2D eigenvalue weighted by atomic mass is 10.3. The first-order valence-corrected chi connectivity index (χ1v) is 5.59. The van der Waals surface area contributed by atoms with Crippen LogP contribution in [0.1, 0.15) is 12.6 Å². The predicted octanol–water partition coefficient (Wildman–Crippen LogP) is 2.05. The van der Waals surface area contributed by atoms with E-state index in [1.165, 1.54) is 0 Å². The van der Waals surface area contributed by atoms with Crippen LogP contribution in [-0.2, 0) is 6.42 Å². The van der Waals surface area contributed by atoms with Crippen molar-refractivity contribution in [3.63, 3.8) is 0 Å². The topological polar surface area (TPSA) is 63.8 Å². The van der Waals surface area contributed by atoms with Crippen molar-refractivity contribution in [3.05, 3.63) is 29.4 Å². The Kier molecular flexibility index (Phi) is 2.94. The first-order valence-electron chi connectivity index (χ1n) is 4.71. The summed E-state index contributed by atoms with van der Waals surface area (Å²) in [6.07, 6.45) is 2.68. The van der Waals surface area contributed by atoms with Crippen molar-refractivity contribution >= 4 is 17.2 Å². The molecule has 2 rings (SSSR count). The molecule has 0 saturated carbocycles. The molecule has 0 amide bonds. The van der Waals surface area contributed by atoms with Crippen molar-refractivity contribution in [3.8, 4) is 10.6 Å². The maximum absolute atomic E-state index is 5.30. The fourth-order valence-corrected chi connectivity index (χ4v) is 2.14. The largest absolute Gasteiger partial charge is 0.308 e. The molecule has 3 N–H and O–H groups in total. The van der Waals surface area contributed by atoms with Gasteiger partial charge in [-0.1, -0.05) is 6.92 Å². The van der Waals surface area contributed by atoms with E-state index in [0.717, 1.165) is 22.7 Å². The van der Waals surface area contributed by atoms with E-state index in [9.17, 15) is 0 Å². The number of thiazole rings is 1. The maximum atomic E-state index is 5.30. The highest BCUT2D eigenvalue weighted by molar-refractivity contribution is 7.13. The van der Waals surface area contributed by atoms with Gasteiger partial charge in [0.25, 0.3) is 0 Å². The number of nitrogens with one attached hydrogen (secondary N) is 1. The van der Waals surface area contributed by atoms with Crippen LogP contribution in [0.3, 0.4) is 0 Å². The number of nitrogens with two attached hydrogens (primary N) is 1. The van der Waals surface area contributed by atoms with E-state index in [4.69, 9.17) is 5.84 Å². The summed E-state index contributed by atoms with van der Waals surface area (Å²) >= 11 is 1.64. The second-order valence-corrected chi connectivity index (χ2v) is 3.93. The minimum absolute atomic E-state index is 0.653. The lowest BCUT2D eigenvalue weighted by Crippen LogP contribution is -2.08. The average molecular weight is 220 g/mol. The Morgan fingerprint density at radius 1 is 1.53 bits per heavy atom. The van der Waals surface area contributed by atoms with Crippen molar-refractivity contribution in [2.75, 3.05) is 5.43 Å². The van der Waals surface area contributed by atoms with Crippen LogP contribution in [0.15, 0.2) is 23.7 Å². The van der Waals surface area contributed by atoms with Gasteiger partial charge in [-0.05, 0) is 18.6 Å². The fraction of sp³-hybridized carbons (Fsp3) is 0.200. The first-order chi connectivity index (χ1) is 7.33. The lowest BCUT2D eigenvalue weighted by Gasteiger charge is -2.00. The summed E-state index contributed by atoms with van der Waals surface area (Å²) < 4.78 is 0. The zero-order valence-electron chi connectivity index (χ0n) is 8.40. The summed E-state index contributed by atoms with van der Waals surface area (Å²) in [5, 5.41) is 3.08. The van der Waals surface area contributed by atoms with Gasteiger partial charge in [0.05, 0.1) is 5.69 Å². The van der Waals surface area contributed by atoms with Crippen LogP contribution in [0.2, 0.25) is 0 Å². The molecule has 2 heterocycles. The number of hydrogen-bond donors (Lipinski definition) is 2. The zero-order chi connectivity index (χ0) is 10.7. The van der Waals surface area contributed by atoms with E-state index in [0.29, 0.717) is 5.82 Å². The number of anilines is 1. The number of hydrogen-bond acceptors (Lipinski definition) is 5. The predicted molar refractivity (Wildman–Crippen MR) is 62.5 cm³/mol. The van der Waals surface area contributed by atoms with Crippen molar-refractivity contribution in [2.24, 2.45) is 5.84 Å². The van der Waals surface area contributed by atoms with Gasteiger partial charge in [0.2, 0.25) is 0 Å². The van der Waals surface area contributed by atoms with Gasteiger partial charge in [0.15, 0.2) is 0 Å². The summed E-state index contributed by atoms with van der Waals surface area (Å²) in [5.74, 6) is 5.95. The van der Waals surface area contributed by atoms with Crippen LogP contribution in [0, 0.1) is 0 Å². The monoisotopic (exact) mass is 220 g/mol.